The van der Waals surface area contributed by atoms with Gasteiger partial charge >= 0.3 is 0 Å². The van der Waals surface area contributed by atoms with Crippen molar-refractivity contribution in [3.05, 3.63) is 18.2 Å². The normalized spacial score (nSPS) is 20.2. The Morgan fingerprint density at radius 3 is 3.00 bits per heavy atom. The lowest BCUT2D eigenvalue weighted by Gasteiger charge is -2.07. The molecule has 1 aliphatic rings. The SMILES string of the molecule is CC(N)c1nccn1C1CC1. The summed E-state index contributed by atoms with van der Waals surface area (Å²) in [7, 11) is 0. The Balaban J connectivity index is 2.30. The highest BCUT2D eigenvalue weighted by Gasteiger charge is 2.25. The van der Waals surface area contributed by atoms with Gasteiger partial charge in [-0.1, -0.05) is 0 Å². The molecular weight excluding hydrogens is 138 g/mol. The number of rotatable bonds is 2. The van der Waals surface area contributed by atoms with Gasteiger partial charge in [0.05, 0.1) is 6.04 Å². The molecule has 1 aliphatic carbocycles. The molecule has 0 saturated heterocycles. The Morgan fingerprint density at radius 2 is 2.45 bits per heavy atom. The highest BCUT2D eigenvalue weighted by molar-refractivity contribution is 5.02. The van der Waals surface area contributed by atoms with E-state index in [0.717, 1.165) is 5.82 Å². The van der Waals surface area contributed by atoms with Gasteiger partial charge in [-0.3, -0.25) is 0 Å². The lowest BCUT2D eigenvalue weighted by atomic mass is 10.3. The Labute approximate surface area is 66.2 Å². The second-order valence-corrected chi connectivity index (χ2v) is 3.21. The van der Waals surface area contributed by atoms with Crippen LogP contribution in [-0.4, -0.2) is 9.55 Å². The molecule has 1 unspecified atom stereocenters. The standard InChI is InChI=1S/C8H13N3/c1-6(9)8-10-4-5-11(8)7-2-3-7/h4-7H,2-3,9H2,1H3. The van der Waals surface area contributed by atoms with Crippen LogP contribution in [0.15, 0.2) is 12.4 Å². The van der Waals surface area contributed by atoms with E-state index in [-0.39, 0.29) is 6.04 Å². The summed E-state index contributed by atoms with van der Waals surface area (Å²) in [4.78, 5) is 4.21. The molecule has 1 atom stereocenters. The number of aromatic nitrogens is 2. The topological polar surface area (TPSA) is 43.8 Å². The molecule has 2 rings (SSSR count). The van der Waals surface area contributed by atoms with Crippen LogP contribution in [0.3, 0.4) is 0 Å². The molecule has 0 bridgehead atoms. The first kappa shape index (κ1) is 6.85. The van der Waals surface area contributed by atoms with E-state index in [1.807, 2.05) is 19.3 Å². The molecule has 3 heteroatoms. The third-order valence-corrected chi connectivity index (χ3v) is 2.05. The fourth-order valence-corrected chi connectivity index (χ4v) is 1.34. The van der Waals surface area contributed by atoms with Crippen molar-refractivity contribution in [2.75, 3.05) is 0 Å². The van der Waals surface area contributed by atoms with E-state index in [1.54, 1.807) is 0 Å². The van der Waals surface area contributed by atoms with E-state index in [1.165, 1.54) is 12.8 Å². The first-order chi connectivity index (χ1) is 5.29. The monoisotopic (exact) mass is 151 g/mol. The predicted molar refractivity (Wildman–Crippen MR) is 43.1 cm³/mol. The summed E-state index contributed by atoms with van der Waals surface area (Å²) >= 11 is 0. The maximum Gasteiger partial charge on any atom is 0.125 e. The van der Waals surface area contributed by atoms with Crippen LogP contribution >= 0.6 is 0 Å². The van der Waals surface area contributed by atoms with E-state index in [0.29, 0.717) is 6.04 Å². The second kappa shape index (κ2) is 2.34. The number of hydrogen-bond acceptors (Lipinski definition) is 2. The molecule has 1 fully saturated rings. The lowest BCUT2D eigenvalue weighted by Crippen LogP contribution is -2.12. The minimum absolute atomic E-state index is 0.0607. The molecule has 0 aromatic carbocycles. The lowest BCUT2D eigenvalue weighted by molar-refractivity contribution is 0.626. The first-order valence-electron chi connectivity index (χ1n) is 4.07. The minimum atomic E-state index is 0.0607. The number of hydrogen-bond donors (Lipinski definition) is 1. The van der Waals surface area contributed by atoms with Crippen LogP contribution in [-0.2, 0) is 0 Å². The molecule has 0 radical (unpaired) electrons. The molecule has 0 spiro atoms. The maximum absolute atomic E-state index is 5.74. The predicted octanol–water partition coefficient (Wildman–Crippen LogP) is 1.24. The summed E-state index contributed by atoms with van der Waals surface area (Å²) in [5, 5.41) is 0. The minimum Gasteiger partial charge on any atom is -0.331 e. The molecule has 1 aromatic rings. The molecule has 0 amide bonds. The zero-order valence-corrected chi connectivity index (χ0v) is 6.70. The number of imidazole rings is 1. The van der Waals surface area contributed by atoms with E-state index >= 15 is 0 Å². The Kier molecular flexibility index (Phi) is 1.46. The van der Waals surface area contributed by atoms with Crippen molar-refractivity contribution in [3.8, 4) is 0 Å². The average molecular weight is 151 g/mol. The van der Waals surface area contributed by atoms with Gasteiger partial charge in [-0.25, -0.2) is 4.98 Å². The largest absolute Gasteiger partial charge is 0.331 e. The van der Waals surface area contributed by atoms with Crippen molar-refractivity contribution in [1.29, 1.82) is 0 Å². The van der Waals surface area contributed by atoms with Crippen molar-refractivity contribution < 1.29 is 0 Å². The van der Waals surface area contributed by atoms with Gasteiger partial charge in [-0.2, -0.15) is 0 Å². The zero-order valence-electron chi connectivity index (χ0n) is 6.70. The van der Waals surface area contributed by atoms with Gasteiger partial charge in [0.15, 0.2) is 0 Å². The highest BCUT2D eigenvalue weighted by atomic mass is 15.1. The van der Waals surface area contributed by atoms with Gasteiger partial charge in [0.1, 0.15) is 5.82 Å². The van der Waals surface area contributed by atoms with Crippen LogP contribution in [0.25, 0.3) is 0 Å². The average Bonchev–Trinajstić information content (AvgIpc) is 2.68. The van der Waals surface area contributed by atoms with Crippen molar-refractivity contribution in [1.82, 2.24) is 9.55 Å². The van der Waals surface area contributed by atoms with Crippen molar-refractivity contribution in [2.45, 2.75) is 31.8 Å². The van der Waals surface area contributed by atoms with Crippen molar-refractivity contribution in [2.24, 2.45) is 5.73 Å². The van der Waals surface area contributed by atoms with Crippen LogP contribution < -0.4 is 5.73 Å². The van der Waals surface area contributed by atoms with E-state index < -0.39 is 0 Å². The third-order valence-electron chi connectivity index (χ3n) is 2.05. The van der Waals surface area contributed by atoms with E-state index in [2.05, 4.69) is 9.55 Å². The van der Waals surface area contributed by atoms with Gasteiger partial charge in [0.2, 0.25) is 0 Å². The molecule has 60 valence electrons. The maximum atomic E-state index is 5.74. The second-order valence-electron chi connectivity index (χ2n) is 3.21. The summed E-state index contributed by atoms with van der Waals surface area (Å²) in [6.07, 6.45) is 6.43. The van der Waals surface area contributed by atoms with Gasteiger partial charge in [-0.05, 0) is 19.8 Å². The quantitative estimate of drug-likeness (QED) is 0.691. The first-order valence-corrected chi connectivity index (χ1v) is 4.07. The third kappa shape index (κ3) is 1.16. The van der Waals surface area contributed by atoms with Crippen LogP contribution in [0.5, 0.6) is 0 Å². The fraction of sp³-hybridized carbons (Fsp3) is 0.625. The molecular formula is C8H13N3. The summed E-state index contributed by atoms with van der Waals surface area (Å²) in [5.74, 6) is 1.02. The van der Waals surface area contributed by atoms with Crippen molar-refractivity contribution >= 4 is 0 Å². The van der Waals surface area contributed by atoms with E-state index in [9.17, 15) is 0 Å². The van der Waals surface area contributed by atoms with Gasteiger partial charge in [-0.15, -0.1) is 0 Å². The molecule has 2 N–H and O–H groups in total. The van der Waals surface area contributed by atoms with Gasteiger partial charge in [0.25, 0.3) is 0 Å². The molecule has 1 saturated carbocycles. The molecule has 1 aromatic heterocycles. The molecule has 11 heavy (non-hydrogen) atoms. The smallest absolute Gasteiger partial charge is 0.125 e. The van der Waals surface area contributed by atoms with Gasteiger partial charge in [0, 0.05) is 18.4 Å². The fourth-order valence-electron chi connectivity index (χ4n) is 1.34. The zero-order chi connectivity index (χ0) is 7.84. The van der Waals surface area contributed by atoms with Crippen LogP contribution in [0.4, 0.5) is 0 Å². The van der Waals surface area contributed by atoms with Crippen LogP contribution in [0, 0.1) is 0 Å². The Bertz CT molecular complexity index is 231. The molecule has 3 nitrogen and oxygen atoms in total. The highest BCUT2D eigenvalue weighted by Crippen LogP contribution is 2.36. The molecule has 1 heterocycles. The van der Waals surface area contributed by atoms with Crippen LogP contribution in [0.2, 0.25) is 0 Å². The summed E-state index contributed by atoms with van der Waals surface area (Å²) in [5.41, 5.74) is 5.74. The van der Waals surface area contributed by atoms with E-state index in [4.69, 9.17) is 5.73 Å². The van der Waals surface area contributed by atoms with Gasteiger partial charge < -0.3 is 10.3 Å². The van der Waals surface area contributed by atoms with Crippen LogP contribution in [0.1, 0.15) is 37.7 Å². The number of nitrogens with two attached hydrogens (primary N) is 1. The Morgan fingerprint density at radius 1 is 1.73 bits per heavy atom. The van der Waals surface area contributed by atoms with Crippen molar-refractivity contribution in [3.63, 3.8) is 0 Å². The molecule has 0 aliphatic heterocycles. The summed E-state index contributed by atoms with van der Waals surface area (Å²) < 4.78 is 2.20. The Hall–Kier alpha value is -0.830. The number of nitrogens with zero attached hydrogens (tertiary/aromatic N) is 2. The summed E-state index contributed by atoms with van der Waals surface area (Å²) in [6, 6.07) is 0.754. The summed E-state index contributed by atoms with van der Waals surface area (Å²) in [6.45, 7) is 1.97.